The molecular formula is C17H23N3O2. The number of aromatic amines is 1. The normalized spacial score (nSPS) is 15.9. The maximum Gasteiger partial charge on any atom is 0.223 e. The molecule has 22 heavy (non-hydrogen) atoms. The van der Waals surface area contributed by atoms with Gasteiger partial charge < -0.3 is 15.0 Å². The largest absolute Gasteiger partial charge is 0.497 e. The maximum atomic E-state index is 12.1. The van der Waals surface area contributed by atoms with Crippen molar-refractivity contribution in [3.63, 3.8) is 0 Å². The molecular weight excluding hydrogens is 278 g/mol. The van der Waals surface area contributed by atoms with Crippen molar-refractivity contribution in [3.05, 3.63) is 24.0 Å². The number of ether oxygens (including phenoxy) is 1. The third kappa shape index (κ3) is 3.40. The van der Waals surface area contributed by atoms with Crippen LogP contribution in [-0.2, 0) is 11.2 Å². The van der Waals surface area contributed by atoms with E-state index in [1.165, 1.54) is 19.3 Å². The van der Waals surface area contributed by atoms with Gasteiger partial charge in [-0.05, 0) is 25.0 Å². The highest BCUT2D eigenvalue weighted by atomic mass is 16.5. The number of benzene rings is 1. The summed E-state index contributed by atoms with van der Waals surface area (Å²) in [4.78, 5) is 19.9. The molecule has 0 aliphatic heterocycles. The molecule has 0 radical (unpaired) electrons. The molecule has 1 saturated carbocycles. The van der Waals surface area contributed by atoms with E-state index in [-0.39, 0.29) is 11.8 Å². The summed E-state index contributed by atoms with van der Waals surface area (Å²) in [7, 11) is 1.65. The third-order valence-corrected chi connectivity index (χ3v) is 4.38. The predicted molar refractivity (Wildman–Crippen MR) is 85.9 cm³/mol. The summed E-state index contributed by atoms with van der Waals surface area (Å²) >= 11 is 0. The number of aromatic nitrogens is 2. The van der Waals surface area contributed by atoms with E-state index in [0.717, 1.165) is 41.9 Å². The Hall–Kier alpha value is -2.04. The molecule has 118 valence electrons. The number of amides is 1. The van der Waals surface area contributed by atoms with Crippen LogP contribution in [0.2, 0.25) is 0 Å². The highest BCUT2D eigenvalue weighted by Gasteiger charge is 2.20. The van der Waals surface area contributed by atoms with Gasteiger partial charge in [-0.25, -0.2) is 4.98 Å². The van der Waals surface area contributed by atoms with Crippen molar-refractivity contribution >= 4 is 16.9 Å². The minimum absolute atomic E-state index is 0.206. The molecule has 0 saturated heterocycles. The van der Waals surface area contributed by atoms with Gasteiger partial charge in [-0.2, -0.15) is 0 Å². The van der Waals surface area contributed by atoms with Gasteiger partial charge in [-0.1, -0.05) is 19.3 Å². The molecule has 0 atom stereocenters. The van der Waals surface area contributed by atoms with E-state index in [0.29, 0.717) is 6.54 Å². The zero-order chi connectivity index (χ0) is 15.4. The first-order valence-corrected chi connectivity index (χ1v) is 8.06. The number of rotatable bonds is 5. The summed E-state index contributed by atoms with van der Waals surface area (Å²) in [5, 5.41) is 3.04. The summed E-state index contributed by atoms with van der Waals surface area (Å²) in [6, 6.07) is 5.78. The number of nitrogens with one attached hydrogen (secondary N) is 2. The number of imidazole rings is 1. The second-order valence-corrected chi connectivity index (χ2v) is 5.94. The van der Waals surface area contributed by atoms with Gasteiger partial charge in [-0.3, -0.25) is 4.79 Å². The average Bonchev–Trinajstić information content (AvgIpc) is 2.97. The molecule has 3 rings (SSSR count). The number of nitrogens with zero attached hydrogens (tertiary/aromatic N) is 1. The van der Waals surface area contributed by atoms with Crippen molar-refractivity contribution in [3.8, 4) is 5.75 Å². The van der Waals surface area contributed by atoms with E-state index in [1.54, 1.807) is 7.11 Å². The monoisotopic (exact) mass is 301 g/mol. The smallest absolute Gasteiger partial charge is 0.223 e. The lowest BCUT2D eigenvalue weighted by Gasteiger charge is -2.20. The lowest BCUT2D eigenvalue weighted by Crippen LogP contribution is -2.33. The van der Waals surface area contributed by atoms with Gasteiger partial charge >= 0.3 is 0 Å². The van der Waals surface area contributed by atoms with Crippen LogP contribution < -0.4 is 10.1 Å². The minimum atomic E-state index is 0.206. The second-order valence-electron chi connectivity index (χ2n) is 5.94. The van der Waals surface area contributed by atoms with Crippen LogP contribution >= 0.6 is 0 Å². The molecule has 1 aromatic carbocycles. The van der Waals surface area contributed by atoms with E-state index in [2.05, 4.69) is 15.3 Å². The van der Waals surface area contributed by atoms with E-state index in [1.807, 2.05) is 18.2 Å². The fourth-order valence-corrected chi connectivity index (χ4v) is 3.10. The van der Waals surface area contributed by atoms with Gasteiger partial charge in [0.15, 0.2) is 0 Å². The summed E-state index contributed by atoms with van der Waals surface area (Å²) in [6.07, 6.45) is 6.43. The zero-order valence-electron chi connectivity index (χ0n) is 13.0. The van der Waals surface area contributed by atoms with Gasteiger partial charge in [0.1, 0.15) is 11.6 Å². The molecule has 2 aromatic rings. The molecule has 0 spiro atoms. The summed E-state index contributed by atoms with van der Waals surface area (Å²) in [5.41, 5.74) is 1.89. The first kappa shape index (κ1) is 14.9. The van der Waals surface area contributed by atoms with Crippen molar-refractivity contribution in [2.24, 2.45) is 5.92 Å². The number of methoxy groups -OCH3 is 1. The number of fused-ring (bicyclic) bond motifs is 1. The SMILES string of the molecule is COc1ccc2nc(CCNC(=O)C3CCCCC3)[nH]c2c1. The van der Waals surface area contributed by atoms with Crippen molar-refractivity contribution in [2.75, 3.05) is 13.7 Å². The molecule has 1 heterocycles. The maximum absolute atomic E-state index is 12.1. The molecule has 1 amide bonds. The average molecular weight is 301 g/mol. The van der Waals surface area contributed by atoms with E-state index in [4.69, 9.17) is 4.74 Å². The Balaban J connectivity index is 1.53. The van der Waals surface area contributed by atoms with Gasteiger partial charge in [0.2, 0.25) is 5.91 Å². The summed E-state index contributed by atoms with van der Waals surface area (Å²) in [6.45, 7) is 0.631. The highest BCUT2D eigenvalue weighted by molar-refractivity contribution is 5.79. The summed E-state index contributed by atoms with van der Waals surface area (Å²) in [5.74, 6) is 2.13. The number of hydrogen-bond donors (Lipinski definition) is 2. The van der Waals surface area contributed by atoms with Gasteiger partial charge in [0, 0.05) is 24.9 Å². The van der Waals surface area contributed by atoms with Crippen LogP contribution in [0.1, 0.15) is 37.9 Å². The Morgan fingerprint density at radius 3 is 2.95 bits per heavy atom. The molecule has 1 aliphatic rings. The standard InChI is InChI=1S/C17H23N3O2/c1-22-13-7-8-14-15(11-13)20-16(19-14)9-10-18-17(21)12-5-3-2-4-6-12/h7-8,11-12H,2-6,9-10H2,1H3,(H,18,21)(H,19,20). The van der Waals surface area contributed by atoms with Gasteiger partial charge in [0.25, 0.3) is 0 Å². The van der Waals surface area contributed by atoms with Crippen LogP contribution in [0.15, 0.2) is 18.2 Å². The van der Waals surface area contributed by atoms with Crippen LogP contribution in [0.4, 0.5) is 0 Å². The quantitative estimate of drug-likeness (QED) is 0.892. The second kappa shape index (κ2) is 6.81. The van der Waals surface area contributed by atoms with Gasteiger partial charge in [0.05, 0.1) is 18.1 Å². The summed E-state index contributed by atoms with van der Waals surface area (Å²) < 4.78 is 5.21. The van der Waals surface area contributed by atoms with E-state index in [9.17, 15) is 4.79 Å². The van der Waals surface area contributed by atoms with Crippen LogP contribution in [-0.4, -0.2) is 29.5 Å². The van der Waals surface area contributed by atoms with E-state index < -0.39 is 0 Å². The van der Waals surface area contributed by atoms with Crippen molar-refractivity contribution in [2.45, 2.75) is 38.5 Å². The lowest BCUT2D eigenvalue weighted by atomic mass is 9.89. The van der Waals surface area contributed by atoms with Crippen molar-refractivity contribution < 1.29 is 9.53 Å². The molecule has 0 unspecified atom stereocenters. The first-order chi connectivity index (χ1) is 10.8. The molecule has 0 bridgehead atoms. The highest BCUT2D eigenvalue weighted by Crippen LogP contribution is 2.23. The Morgan fingerprint density at radius 2 is 2.18 bits per heavy atom. The number of carbonyl (C=O) groups is 1. The molecule has 5 nitrogen and oxygen atoms in total. The zero-order valence-corrected chi connectivity index (χ0v) is 13.0. The number of hydrogen-bond acceptors (Lipinski definition) is 3. The van der Waals surface area contributed by atoms with Crippen LogP contribution in [0.3, 0.4) is 0 Å². The first-order valence-electron chi connectivity index (χ1n) is 8.06. The minimum Gasteiger partial charge on any atom is -0.497 e. The van der Waals surface area contributed by atoms with Crippen LogP contribution in [0.5, 0.6) is 5.75 Å². The number of carbonyl (C=O) groups excluding carboxylic acids is 1. The van der Waals surface area contributed by atoms with Crippen LogP contribution in [0, 0.1) is 5.92 Å². The molecule has 1 aliphatic carbocycles. The number of H-pyrrole nitrogens is 1. The predicted octanol–water partition coefficient (Wildman–Crippen LogP) is 2.81. The lowest BCUT2D eigenvalue weighted by molar-refractivity contribution is -0.125. The molecule has 1 fully saturated rings. The molecule has 1 aromatic heterocycles. The fraction of sp³-hybridized carbons (Fsp3) is 0.529. The van der Waals surface area contributed by atoms with Crippen molar-refractivity contribution in [1.29, 1.82) is 0 Å². The van der Waals surface area contributed by atoms with E-state index >= 15 is 0 Å². The molecule has 2 N–H and O–H groups in total. The Kier molecular flexibility index (Phi) is 4.61. The fourth-order valence-electron chi connectivity index (χ4n) is 3.10. The Bertz CT molecular complexity index is 644. The van der Waals surface area contributed by atoms with Gasteiger partial charge in [-0.15, -0.1) is 0 Å². The van der Waals surface area contributed by atoms with Crippen molar-refractivity contribution in [1.82, 2.24) is 15.3 Å². The third-order valence-electron chi connectivity index (χ3n) is 4.38. The topological polar surface area (TPSA) is 67.0 Å². The Morgan fingerprint density at radius 1 is 1.36 bits per heavy atom. The molecule has 5 heteroatoms. The van der Waals surface area contributed by atoms with Crippen LogP contribution in [0.25, 0.3) is 11.0 Å². The Labute approximate surface area is 130 Å².